The average Bonchev–Trinajstić information content (AvgIpc) is 1.58. The molecule has 0 radical (unpaired) electrons. The summed E-state index contributed by atoms with van der Waals surface area (Å²) in [5.41, 5.74) is 0. The van der Waals surface area contributed by atoms with E-state index in [-0.39, 0.29) is 0 Å². The molecular formula is C2H6O7S2. The molecule has 0 bridgehead atoms. The van der Waals surface area contributed by atoms with Crippen LogP contribution in [0.5, 0.6) is 0 Å². The molecule has 68 valence electrons. The first-order valence-corrected chi connectivity index (χ1v) is 4.56. The Labute approximate surface area is 64.5 Å². The molecule has 0 unspecified atom stereocenters. The molecule has 0 aliphatic carbocycles. The largest absolute Gasteiger partial charge is 0.515 e. The van der Waals surface area contributed by atoms with E-state index in [1.807, 2.05) is 0 Å². The van der Waals surface area contributed by atoms with Crippen LogP contribution in [-0.4, -0.2) is 31.0 Å². The topological polar surface area (TPSA) is 129 Å². The van der Waals surface area contributed by atoms with Gasteiger partial charge in [-0.2, -0.15) is 8.42 Å². The first-order chi connectivity index (χ1) is 4.77. The van der Waals surface area contributed by atoms with E-state index in [0.29, 0.717) is 11.7 Å². The second kappa shape index (κ2) is 6.09. The number of thiol groups is 1. The molecule has 3 N–H and O–H groups in total. The molecule has 7 nitrogen and oxygen atoms in total. The Hall–Kier alpha value is -0.640. The summed E-state index contributed by atoms with van der Waals surface area (Å²) >= 11 is 0. The van der Waals surface area contributed by atoms with Crippen molar-refractivity contribution in [2.45, 2.75) is 0 Å². The second-order valence-electron chi connectivity index (χ2n) is 1.03. The summed E-state index contributed by atoms with van der Waals surface area (Å²) in [4.78, 5) is 0. The third-order valence-corrected chi connectivity index (χ3v) is 0.565. The second-order valence-corrected chi connectivity index (χ2v) is 2.80. The fraction of sp³-hybridized carbons (Fsp3) is 0. The Morgan fingerprint density at radius 1 is 1.18 bits per heavy atom. The Kier molecular flexibility index (Phi) is 7.20. The van der Waals surface area contributed by atoms with E-state index in [0.717, 1.165) is 0 Å². The summed E-state index contributed by atoms with van der Waals surface area (Å²) in [5, 5.41) is 8.35. The highest BCUT2D eigenvalue weighted by Gasteiger charge is 1.84. The van der Waals surface area contributed by atoms with Crippen molar-refractivity contribution in [2.24, 2.45) is 0 Å². The van der Waals surface area contributed by atoms with Crippen molar-refractivity contribution in [3.8, 4) is 0 Å². The van der Waals surface area contributed by atoms with Crippen LogP contribution in [0, 0.1) is 0 Å². The minimum atomic E-state index is -4.67. The number of hydrogen-bond acceptors (Lipinski definition) is 5. The molecule has 9 heteroatoms. The highest BCUT2D eigenvalue weighted by molar-refractivity contribution is 7.79. The maximum atomic E-state index is 9.39. The highest BCUT2D eigenvalue weighted by Crippen LogP contribution is 1.61. The van der Waals surface area contributed by atoms with E-state index < -0.39 is 21.1 Å². The first kappa shape index (κ1) is 13.0. The van der Waals surface area contributed by atoms with Gasteiger partial charge in [-0.05, 0) is 0 Å². The van der Waals surface area contributed by atoms with Gasteiger partial charge in [-0.3, -0.25) is 9.11 Å². The van der Waals surface area contributed by atoms with Gasteiger partial charge in [0.25, 0.3) is 0 Å². The lowest BCUT2D eigenvalue weighted by Gasteiger charge is -1.68. The van der Waals surface area contributed by atoms with Gasteiger partial charge in [0.2, 0.25) is 0 Å². The zero-order valence-corrected chi connectivity index (χ0v) is 6.70. The Morgan fingerprint density at radius 2 is 1.45 bits per heavy atom. The van der Waals surface area contributed by atoms with E-state index in [1.54, 1.807) is 0 Å². The van der Waals surface area contributed by atoms with Crippen LogP contribution in [0.3, 0.4) is 0 Å². The minimum absolute atomic E-state index is 0.478. The molecular weight excluding hydrogens is 200 g/mol. The van der Waals surface area contributed by atoms with Crippen LogP contribution in [-0.2, 0) is 21.1 Å². The highest BCUT2D eigenvalue weighted by atomic mass is 32.3. The van der Waals surface area contributed by atoms with Gasteiger partial charge in [-0.1, -0.05) is 0 Å². The van der Waals surface area contributed by atoms with Crippen molar-refractivity contribution in [1.29, 1.82) is 0 Å². The summed E-state index contributed by atoms with van der Waals surface area (Å²) in [7, 11) is -7.20. The molecule has 0 fully saturated rings. The molecule has 0 amide bonds. The van der Waals surface area contributed by atoms with Crippen molar-refractivity contribution in [3.63, 3.8) is 0 Å². The summed E-state index contributed by atoms with van der Waals surface area (Å²) < 4.78 is 50.4. The molecule has 0 aromatic carbocycles. The standard InChI is InChI=1S/C2H4O3S.H2O4S/c3-1-2-6(4)5;1-5(2,3)4/h1-3,6H;(H2,1,2,3,4). The fourth-order valence-electron chi connectivity index (χ4n) is 0.0544. The molecule has 0 spiro atoms. The number of rotatable bonds is 1. The molecule has 0 aromatic rings. The van der Waals surface area contributed by atoms with Crippen LogP contribution >= 0.6 is 0 Å². The van der Waals surface area contributed by atoms with Gasteiger partial charge >= 0.3 is 10.4 Å². The van der Waals surface area contributed by atoms with Crippen molar-refractivity contribution in [3.05, 3.63) is 11.7 Å². The predicted octanol–water partition coefficient (Wildman–Crippen LogP) is -1.03. The van der Waals surface area contributed by atoms with Crippen LogP contribution in [0.1, 0.15) is 0 Å². The van der Waals surface area contributed by atoms with Gasteiger partial charge in [0, 0.05) is 0 Å². The number of hydrogen-bond donors (Lipinski definition) is 4. The lowest BCUT2D eigenvalue weighted by atomic mass is 11.2. The lowest BCUT2D eigenvalue weighted by molar-refractivity contribution is 0.381. The first-order valence-electron chi connectivity index (χ1n) is 1.91. The number of aliphatic hydroxyl groups excluding tert-OH is 1. The molecule has 0 rings (SSSR count). The van der Waals surface area contributed by atoms with Crippen LogP contribution in [0.15, 0.2) is 11.7 Å². The van der Waals surface area contributed by atoms with Crippen molar-refractivity contribution < 1.29 is 31.0 Å². The van der Waals surface area contributed by atoms with E-state index in [4.69, 9.17) is 22.6 Å². The van der Waals surface area contributed by atoms with Gasteiger partial charge in [-0.25, -0.2) is 8.42 Å². The normalized spacial score (nSPS) is 11.2. The fourth-order valence-corrected chi connectivity index (χ4v) is 0.163. The molecule has 0 aliphatic heterocycles. The summed E-state index contributed by atoms with van der Waals surface area (Å²) in [6, 6.07) is 0. The van der Waals surface area contributed by atoms with Gasteiger partial charge in [0.15, 0.2) is 10.7 Å². The number of aliphatic hydroxyl groups is 1. The summed E-state index contributed by atoms with van der Waals surface area (Å²) in [6.45, 7) is 0. The summed E-state index contributed by atoms with van der Waals surface area (Å²) in [6.07, 6.45) is 0.478. The van der Waals surface area contributed by atoms with Crippen molar-refractivity contribution in [2.75, 3.05) is 0 Å². The van der Waals surface area contributed by atoms with E-state index >= 15 is 0 Å². The van der Waals surface area contributed by atoms with Crippen LogP contribution in [0.25, 0.3) is 0 Å². The van der Waals surface area contributed by atoms with Gasteiger partial charge < -0.3 is 5.11 Å². The zero-order chi connectivity index (χ0) is 9.49. The lowest BCUT2D eigenvalue weighted by Crippen LogP contribution is -1.89. The Morgan fingerprint density at radius 3 is 1.45 bits per heavy atom. The molecule has 0 aliphatic rings. The SMILES string of the molecule is O=S(=O)(O)O.O=[SH](=O)C=CO. The average molecular weight is 206 g/mol. The quantitative estimate of drug-likeness (QED) is 0.245. The van der Waals surface area contributed by atoms with Crippen LogP contribution in [0.4, 0.5) is 0 Å². The predicted molar refractivity (Wildman–Crippen MR) is 36.3 cm³/mol. The monoisotopic (exact) mass is 206 g/mol. The Balaban J connectivity index is 0. The maximum Gasteiger partial charge on any atom is 0.394 e. The van der Waals surface area contributed by atoms with E-state index in [2.05, 4.69) is 0 Å². The molecule has 0 atom stereocenters. The van der Waals surface area contributed by atoms with Gasteiger partial charge in [-0.15, -0.1) is 0 Å². The third kappa shape index (κ3) is 91.0. The van der Waals surface area contributed by atoms with Gasteiger partial charge in [0.05, 0.1) is 11.7 Å². The van der Waals surface area contributed by atoms with E-state index in [1.165, 1.54) is 0 Å². The minimum Gasteiger partial charge on any atom is -0.515 e. The zero-order valence-electron chi connectivity index (χ0n) is 4.98. The van der Waals surface area contributed by atoms with Crippen molar-refractivity contribution >= 4 is 21.1 Å². The molecule has 0 heterocycles. The smallest absolute Gasteiger partial charge is 0.394 e. The molecule has 0 saturated carbocycles. The Bertz CT molecular complexity index is 253. The van der Waals surface area contributed by atoms with Crippen LogP contribution in [0.2, 0.25) is 0 Å². The summed E-state index contributed by atoms with van der Waals surface area (Å²) in [5.74, 6) is 0. The molecule has 0 aromatic heterocycles. The van der Waals surface area contributed by atoms with Crippen LogP contribution < -0.4 is 0 Å². The van der Waals surface area contributed by atoms with Crippen molar-refractivity contribution in [1.82, 2.24) is 0 Å². The maximum absolute atomic E-state index is 9.39. The molecule has 0 saturated heterocycles. The molecule has 11 heavy (non-hydrogen) atoms. The van der Waals surface area contributed by atoms with Gasteiger partial charge in [0.1, 0.15) is 0 Å². The van der Waals surface area contributed by atoms with E-state index in [9.17, 15) is 8.42 Å². The third-order valence-electron chi connectivity index (χ3n) is 0.188.